The highest BCUT2D eigenvalue weighted by Gasteiger charge is 2.11. The van der Waals surface area contributed by atoms with Gasteiger partial charge in [0.15, 0.2) is 0 Å². The molecule has 0 saturated heterocycles. The molecule has 0 unspecified atom stereocenters. The molecule has 1 aromatic carbocycles. The van der Waals surface area contributed by atoms with Crippen molar-refractivity contribution in [1.29, 1.82) is 0 Å². The number of aryl methyl sites for hydroxylation is 1. The van der Waals surface area contributed by atoms with Crippen molar-refractivity contribution in [1.82, 2.24) is 15.1 Å². The molecule has 20 heavy (non-hydrogen) atoms. The van der Waals surface area contributed by atoms with Crippen LogP contribution < -0.4 is 5.32 Å². The fourth-order valence-corrected chi connectivity index (χ4v) is 2.40. The summed E-state index contributed by atoms with van der Waals surface area (Å²) < 4.78 is 2.10. The second-order valence-electron chi connectivity index (χ2n) is 5.56. The monoisotopic (exact) mass is 271 g/mol. The van der Waals surface area contributed by atoms with Gasteiger partial charge < -0.3 is 5.32 Å². The predicted molar refractivity (Wildman–Crippen MR) is 84.7 cm³/mol. The van der Waals surface area contributed by atoms with Crippen molar-refractivity contribution in [3.8, 4) is 11.1 Å². The first-order valence-electron chi connectivity index (χ1n) is 7.47. The first-order chi connectivity index (χ1) is 9.63. The van der Waals surface area contributed by atoms with E-state index < -0.39 is 0 Å². The molecule has 108 valence electrons. The third-order valence-corrected chi connectivity index (χ3v) is 3.55. The number of hydrogen-bond donors (Lipinski definition) is 1. The molecule has 3 nitrogen and oxygen atoms in total. The van der Waals surface area contributed by atoms with E-state index >= 15 is 0 Å². The predicted octanol–water partition coefficient (Wildman–Crippen LogP) is 3.77. The maximum absolute atomic E-state index is 4.51. The lowest BCUT2D eigenvalue weighted by atomic mass is 10.00. The Bertz CT molecular complexity index is 555. The Kier molecular flexibility index (Phi) is 4.96. The van der Waals surface area contributed by atoms with E-state index in [0.717, 1.165) is 19.5 Å². The molecule has 1 aromatic heterocycles. The largest absolute Gasteiger partial charge is 0.310 e. The molecule has 0 amide bonds. The van der Waals surface area contributed by atoms with Gasteiger partial charge >= 0.3 is 0 Å². The summed E-state index contributed by atoms with van der Waals surface area (Å²) in [5.41, 5.74) is 5.13. The van der Waals surface area contributed by atoms with Gasteiger partial charge in [-0.05, 0) is 24.5 Å². The summed E-state index contributed by atoms with van der Waals surface area (Å²) in [7, 11) is 0. The van der Waals surface area contributed by atoms with Crippen molar-refractivity contribution in [2.45, 2.75) is 53.2 Å². The van der Waals surface area contributed by atoms with E-state index in [9.17, 15) is 0 Å². The lowest BCUT2D eigenvalue weighted by Gasteiger charge is -2.12. The van der Waals surface area contributed by atoms with Crippen LogP contribution in [0.2, 0.25) is 0 Å². The topological polar surface area (TPSA) is 29.9 Å². The second-order valence-corrected chi connectivity index (χ2v) is 5.56. The van der Waals surface area contributed by atoms with Crippen LogP contribution in [0.15, 0.2) is 30.5 Å². The third-order valence-electron chi connectivity index (χ3n) is 3.55. The van der Waals surface area contributed by atoms with Crippen LogP contribution in [0.1, 0.15) is 38.4 Å². The van der Waals surface area contributed by atoms with Gasteiger partial charge in [0.25, 0.3) is 0 Å². The van der Waals surface area contributed by atoms with Crippen LogP contribution in [0.25, 0.3) is 11.1 Å². The highest BCUT2D eigenvalue weighted by molar-refractivity contribution is 5.68. The Labute approximate surface area is 122 Å². The van der Waals surface area contributed by atoms with Crippen LogP contribution in [0.3, 0.4) is 0 Å². The maximum atomic E-state index is 4.51. The van der Waals surface area contributed by atoms with Gasteiger partial charge in [-0.15, -0.1) is 0 Å². The zero-order valence-electron chi connectivity index (χ0n) is 13.0. The fourth-order valence-electron chi connectivity index (χ4n) is 2.40. The summed E-state index contributed by atoms with van der Waals surface area (Å²) in [5, 5.41) is 8.01. The second kappa shape index (κ2) is 6.71. The van der Waals surface area contributed by atoms with Crippen LogP contribution in [-0.4, -0.2) is 15.8 Å². The van der Waals surface area contributed by atoms with E-state index in [0.29, 0.717) is 6.04 Å². The van der Waals surface area contributed by atoms with Crippen LogP contribution >= 0.6 is 0 Å². The normalized spacial score (nSPS) is 11.2. The Morgan fingerprint density at radius 1 is 1.20 bits per heavy atom. The molecule has 1 N–H and O–H groups in total. The smallest absolute Gasteiger partial charge is 0.0571 e. The molecule has 0 fully saturated rings. The van der Waals surface area contributed by atoms with Crippen molar-refractivity contribution in [2.75, 3.05) is 0 Å². The highest BCUT2D eigenvalue weighted by Crippen LogP contribution is 2.26. The van der Waals surface area contributed by atoms with Crippen LogP contribution in [0.5, 0.6) is 0 Å². The van der Waals surface area contributed by atoms with Crippen molar-refractivity contribution in [2.24, 2.45) is 0 Å². The Morgan fingerprint density at radius 2 is 1.95 bits per heavy atom. The summed E-state index contributed by atoms with van der Waals surface area (Å²) in [6.07, 6.45) is 3.11. The van der Waals surface area contributed by atoms with Crippen molar-refractivity contribution in [3.05, 3.63) is 41.7 Å². The van der Waals surface area contributed by atoms with E-state index in [-0.39, 0.29) is 0 Å². The minimum atomic E-state index is 0.493. The van der Waals surface area contributed by atoms with E-state index in [1.165, 1.54) is 22.4 Å². The number of benzene rings is 1. The fraction of sp³-hybridized carbons (Fsp3) is 0.471. The lowest BCUT2D eigenvalue weighted by Crippen LogP contribution is -2.22. The first-order valence-corrected chi connectivity index (χ1v) is 7.47. The molecular weight excluding hydrogens is 246 g/mol. The molecule has 1 heterocycles. The van der Waals surface area contributed by atoms with Gasteiger partial charge in [0.2, 0.25) is 0 Å². The number of nitrogens with zero attached hydrogens (tertiary/aromatic N) is 2. The average molecular weight is 271 g/mol. The van der Waals surface area contributed by atoms with Gasteiger partial charge in [-0.3, -0.25) is 4.68 Å². The van der Waals surface area contributed by atoms with Crippen LogP contribution in [0, 0.1) is 6.92 Å². The van der Waals surface area contributed by atoms with Gasteiger partial charge in [-0.1, -0.05) is 45.0 Å². The van der Waals surface area contributed by atoms with Crippen LogP contribution in [0.4, 0.5) is 0 Å². The van der Waals surface area contributed by atoms with Crippen molar-refractivity contribution in [3.63, 3.8) is 0 Å². The average Bonchev–Trinajstić information content (AvgIpc) is 2.79. The molecule has 0 bridgehead atoms. The van der Waals surface area contributed by atoms with E-state index in [4.69, 9.17) is 0 Å². The summed E-state index contributed by atoms with van der Waals surface area (Å²) >= 11 is 0. The molecule has 0 aliphatic carbocycles. The van der Waals surface area contributed by atoms with E-state index in [1.807, 2.05) is 6.20 Å². The zero-order chi connectivity index (χ0) is 14.5. The molecular formula is C17H25N3. The Hall–Kier alpha value is -1.61. The Balaban J connectivity index is 2.32. The molecule has 0 aliphatic rings. The quantitative estimate of drug-likeness (QED) is 0.867. The summed E-state index contributed by atoms with van der Waals surface area (Å²) in [5.74, 6) is 0. The van der Waals surface area contributed by atoms with Crippen molar-refractivity contribution < 1.29 is 0 Å². The first kappa shape index (κ1) is 14.8. The standard InChI is InChI=1S/C17H25N3/c1-5-10-20-14(4)17(12-19-20)16-9-7-6-8-15(16)11-18-13(2)3/h6-9,12-13,18H,5,10-11H2,1-4H3. The molecule has 3 heteroatoms. The SMILES string of the molecule is CCCn1ncc(-c2ccccc2CNC(C)C)c1C. The van der Waals surface area contributed by atoms with Gasteiger partial charge in [0.05, 0.1) is 6.20 Å². The van der Waals surface area contributed by atoms with Gasteiger partial charge in [-0.25, -0.2) is 0 Å². The molecule has 0 saturated carbocycles. The molecule has 2 aromatic rings. The van der Waals surface area contributed by atoms with E-state index in [2.05, 4.69) is 67.1 Å². The Morgan fingerprint density at radius 3 is 2.65 bits per heavy atom. The minimum absolute atomic E-state index is 0.493. The summed E-state index contributed by atoms with van der Waals surface area (Å²) in [6.45, 7) is 10.6. The molecule has 0 aliphatic heterocycles. The number of rotatable bonds is 6. The highest BCUT2D eigenvalue weighted by atomic mass is 15.3. The van der Waals surface area contributed by atoms with Gasteiger partial charge in [0.1, 0.15) is 0 Å². The van der Waals surface area contributed by atoms with Crippen molar-refractivity contribution >= 4 is 0 Å². The molecule has 0 radical (unpaired) electrons. The third kappa shape index (κ3) is 3.28. The van der Waals surface area contributed by atoms with Gasteiger partial charge in [0, 0.05) is 30.4 Å². The molecule has 0 spiro atoms. The van der Waals surface area contributed by atoms with E-state index in [1.54, 1.807) is 0 Å². The number of nitrogens with one attached hydrogen (secondary N) is 1. The van der Waals surface area contributed by atoms with Crippen LogP contribution in [-0.2, 0) is 13.1 Å². The number of aromatic nitrogens is 2. The summed E-state index contributed by atoms with van der Waals surface area (Å²) in [6, 6.07) is 9.09. The number of hydrogen-bond acceptors (Lipinski definition) is 2. The lowest BCUT2D eigenvalue weighted by molar-refractivity contribution is 0.586. The van der Waals surface area contributed by atoms with Gasteiger partial charge in [-0.2, -0.15) is 5.10 Å². The summed E-state index contributed by atoms with van der Waals surface area (Å²) in [4.78, 5) is 0. The minimum Gasteiger partial charge on any atom is -0.310 e. The molecule has 0 atom stereocenters. The molecule has 2 rings (SSSR count). The zero-order valence-corrected chi connectivity index (χ0v) is 13.0. The maximum Gasteiger partial charge on any atom is 0.0571 e.